The van der Waals surface area contributed by atoms with Crippen molar-refractivity contribution in [2.75, 3.05) is 4.90 Å². The molecular weight excluding hydrogens is 730 g/mol. The Kier molecular flexibility index (Phi) is 9.34. The zero-order valence-corrected chi connectivity index (χ0v) is 34.0. The van der Waals surface area contributed by atoms with Crippen molar-refractivity contribution in [1.29, 1.82) is 0 Å². The maximum absolute atomic E-state index is 14.0. The highest BCUT2D eigenvalue weighted by Gasteiger charge is 2.22. The molecule has 0 unspecified atom stereocenters. The summed E-state index contributed by atoms with van der Waals surface area (Å²) in [5.41, 5.74) is 11.5. The summed E-state index contributed by atoms with van der Waals surface area (Å²) < 4.78 is 14.0. The van der Waals surface area contributed by atoms with Crippen molar-refractivity contribution >= 4 is 72.3 Å². The van der Waals surface area contributed by atoms with Crippen LogP contribution < -0.4 is 4.90 Å². The fraction of sp³-hybridized carbons (Fsp3) is 0.0690. The van der Waals surface area contributed by atoms with Crippen LogP contribution in [0.1, 0.15) is 37.5 Å². The Bertz CT molecular complexity index is 3170. The summed E-state index contributed by atoms with van der Waals surface area (Å²) in [6, 6.07) is 70.3. The molecule has 288 valence electrons. The van der Waals surface area contributed by atoms with Crippen LogP contribution in [0, 0.1) is 5.82 Å². The quantitative estimate of drug-likeness (QED) is 0.115. The van der Waals surface area contributed by atoms with E-state index in [9.17, 15) is 4.39 Å². The molecule has 2 heteroatoms. The Morgan fingerprint density at radius 3 is 1.45 bits per heavy atom. The van der Waals surface area contributed by atoms with Crippen LogP contribution in [0.25, 0.3) is 77.5 Å². The molecule has 10 rings (SSSR count). The third-order valence-corrected chi connectivity index (χ3v) is 11.8. The van der Waals surface area contributed by atoms with E-state index >= 15 is 0 Å². The van der Waals surface area contributed by atoms with Crippen LogP contribution in [-0.4, -0.2) is 0 Å². The molecule has 0 aliphatic carbocycles. The van der Waals surface area contributed by atoms with E-state index in [-0.39, 0.29) is 11.2 Å². The van der Waals surface area contributed by atoms with E-state index in [1.54, 1.807) is 0 Å². The van der Waals surface area contributed by atoms with Crippen LogP contribution in [0.4, 0.5) is 21.5 Å². The van der Waals surface area contributed by atoms with Gasteiger partial charge in [0.2, 0.25) is 0 Å². The number of halogens is 1. The van der Waals surface area contributed by atoms with Gasteiger partial charge in [0.05, 0.1) is 0 Å². The van der Waals surface area contributed by atoms with E-state index in [2.05, 4.69) is 214 Å². The summed E-state index contributed by atoms with van der Waals surface area (Å²) in [6.07, 6.45) is 4.33. The molecule has 0 aliphatic rings. The van der Waals surface area contributed by atoms with Gasteiger partial charge < -0.3 is 4.90 Å². The van der Waals surface area contributed by atoms with Crippen LogP contribution in [0.5, 0.6) is 0 Å². The van der Waals surface area contributed by atoms with Crippen molar-refractivity contribution in [3.63, 3.8) is 0 Å². The summed E-state index contributed by atoms with van der Waals surface area (Å²) in [4.78, 5) is 2.17. The minimum atomic E-state index is -0.253. The van der Waals surface area contributed by atoms with E-state index in [1.807, 2.05) is 12.1 Å². The highest BCUT2D eigenvalue weighted by molar-refractivity contribution is 6.23. The van der Waals surface area contributed by atoms with Gasteiger partial charge in [-0.25, -0.2) is 4.39 Å². The van der Waals surface area contributed by atoms with Gasteiger partial charge in [-0.05, 0) is 136 Å². The molecule has 0 saturated heterocycles. The van der Waals surface area contributed by atoms with Crippen molar-refractivity contribution in [1.82, 2.24) is 0 Å². The SMILES string of the molecule is CC(C)(C)c1ccc(-c2c3ccccc3c(-c3ccc(/C=C/c4ccc(N(c5ccc(F)cc5)c5ccc6ccccc6c5)cc4)cc3)c3ccccc23)c2ccccc12. The second-order valence-corrected chi connectivity index (χ2v) is 16.7. The lowest BCUT2D eigenvalue weighted by Crippen LogP contribution is -2.11. The maximum Gasteiger partial charge on any atom is 0.123 e. The summed E-state index contributed by atoms with van der Waals surface area (Å²) in [5.74, 6) is -0.253. The largest absolute Gasteiger partial charge is 0.310 e. The summed E-state index contributed by atoms with van der Waals surface area (Å²) in [7, 11) is 0. The third-order valence-electron chi connectivity index (χ3n) is 11.8. The lowest BCUT2D eigenvalue weighted by molar-refractivity contribution is 0.596. The summed E-state index contributed by atoms with van der Waals surface area (Å²) in [5, 5.41) is 9.94. The molecule has 0 spiro atoms. The number of hydrogen-bond acceptors (Lipinski definition) is 1. The number of nitrogens with zero attached hydrogens (tertiary/aromatic N) is 1. The van der Waals surface area contributed by atoms with Crippen molar-refractivity contribution in [3.05, 3.63) is 223 Å². The Balaban J connectivity index is 0.987. The van der Waals surface area contributed by atoms with E-state index < -0.39 is 0 Å². The number of fused-ring (bicyclic) bond motifs is 4. The van der Waals surface area contributed by atoms with E-state index in [0.717, 1.165) is 33.6 Å². The van der Waals surface area contributed by atoms with Gasteiger partial charge in [0, 0.05) is 17.1 Å². The van der Waals surface area contributed by atoms with Crippen LogP contribution in [0.2, 0.25) is 0 Å². The lowest BCUT2D eigenvalue weighted by Gasteiger charge is -2.26. The molecule has 10 aromatic rings. The fourth-order valence-electron chi connectivity index (χ4n) is 8.94. The van der Waals surface area contributed by atoms with E-state index in [4.69, 9.17) is 0 Å². The first kappa shape index (κ1) is 37.0. The third kappa shape index (κ3) is 6.80. The zero-order chi connectivity index (χ0) is 40.8. The Morgan fingerprint density at radius 2 is 0.867 bits per heavy atom. The molecule has 1 nitrogen and oxygen atoms in total. The smallest absolute Gasteiger partial charge is 0.123 e. The number of hydrogen-bond donors (Lipinski definition) is 0. The van der Waals surface area contributed by atoms with Gasteiger partial charge in [0.15, 0.2) is 0 Å². The maximum atomic E-state index is 14.0. The van der Waals surface area contributed by atoms with Crippen molar-refractivity contribution in [3.8, 4) is 22.3 Å². The molecular formula is C58H44FN. The molecule has 0 aliphatic heterocycles. The topological polar surface area (TPSA) is 3.24 Å². The minimum Gasteiger partial charge on any atom is -0.310 e. The number of rotatable bonds is 7. The second kappa shape index (κ2) is 15.1. The molecule has 0 N–H and O–H groups in total. The van der Waals surface area contributed by atoms with Gasteiger partial charge >= 0.3 is 0 Å². The first-order chi connectivity index (χ1) is 29.3. The van der Waals surface area contributed by atoms with Gasteiger partial charge in [0.25, 0.3) is 0 Å². The highest BCUT2D eigenvalue weighted by atomic mass is 19.1. The first-order valence-corrected chi connectivity index (χ1v) is 20.7. The van der Waals surface area contributed by atoms with E-state index in [1.165, 1.54) is 77.7 Å². The monoisotopic (exact) mass is 773 g/mol. The van der Waals surface area contributed by atoms with Gasteiger partial charge in [-0.15, -0.1) is 0 Å². The Labute approximate surface area is 351 Å². The van der Waals surface area contributed by atoms with E-state index in [0.29, 0.717) is 0 Å². The highest BCUT2D eigenvalue weighted by Crippen LogP contribution is 2.46. The van der Waals surface area contributed by atoms with Gasteiger partial charge in [-0.1, -0.05) is 185 Å². The normalized spacial score (nSPS) is 11.9. The molecule has 0 aromatic heterocycles. The second-order valence-electron chi connectivity index (χ2n) is 16.7. The summed E-state index contributed by atoms with van der Waals surface area (Å²) >= 11 is 0. The average molecular weight is 774 g/mol. The fourth-order valence-corrected chi connectivity index (χ4v) is 8.94. The molecule has 0 fully saturated rings. The molecule has 0 heterocycles. The molecule has 0 amide bonds. The van der Waals surface area contributed by atoms with Crippen molar-refractivity contribution < 1.29 is 4.39 Å². The predicted molar refractivity (Wildman–Crippen MR) is 256 cm³/mol. The predicted octanol–water partition coefficient (Wildman–Crippen LogP) is 16.7. The Hall–Kier alpha value is -7.29. The Morgan fingerprint density at radius 1 is 0.400 bits per heavy atom. The first-order valence-electron chi connectivity index (χ1n) is 20.7. The molecule has 0 saturated carbocycles. The number of benzene rings is 10. The van der Waals surface area contributed by atoms with Gasteiger partial charge in [-0.2, -0.15) is 0 Å². The molecule has 0 radical (unpaired) electrons. The summed E-state index contributed by atoms with van der Waals surface area (Å²) in [6.45, 7) is 6.89. The van der Waals surface area contributed by atoms with Crippen LogP contribution in [0.3, 0.4) is 0 Å². The zero-order valence-electron chi connectivity index (χ0n) is 34.0. The minimum absolute atomic E-state index is 0.0329. The van der Waals surface area contributed by atoms with Crippen LogP contribution in [-0.2, 0) is 5.41 Å². The van der Waals surface area contributed by atoms with Crippen molar-refractivity contribution in [2.24, 2.45) is 0 Å². The number of anilines is 3. The van der Waals surface area contributed by atoms with Crippen LogP contribution >= 0.6 is 0 Å². The van der Waals surface area contributed by atoms with Gasteiger partial charge in [-0.3, -0.25) is 0 Å². The molecule has 10 aromatic carbocycles. The average Bonchev–Trinajstić information content (AvgIpc) is 3.28. The molecule has 60 heavy (non-hydrogen) atoms. The van der Waals surface area contributed by atoms with Gasteiger partial charge in [0.1, 0.15) is 5.82 Å². The molecule has 0 atom stereocenters. The van der Waals surface area contributed by atoms with Crippen molar-refractivity contribution in [2.45, 2.75) is 26.2 Å². The lowest BCUT2D eigenvalue weighted by atomic mass is 9.80. The standard InChI is InChI=1S/C58H44FN/c1-58(2,3)55-37-36-54(48-14-6-7-15-49(48)55)57-52-18-10-8-16-50(52)56(51-17-9-11-19-53(51)57)42-26-22-39(23-27-42)20-21-40-24-31-45(32-25-40)60(46-34-29-44(59)30-35-46)47-33-28-41-12-4-5-13-43(41)38-47/h4-38H,1-3H3/b21-20+. The molecule has 0 bridgehead atoms. The van der Waals surface area contributed by atoms with Crippen LogP contribution in [0.15, 0.2) is 200 Å².